The number of halogens is 1. The van der Waals surface area contributed by atoms with E-state index in [0.29, 0.717) is 5.88 Å². The minimum Gasteiger partial charge on any atom is -0.493 e. The Morgan fingerprint density at radius 1 is 1.39 bits per heavy atom. The van der Waals surface area contributed by atoms with Crippen LogP contribution in [0.25, 0.3) is 0 Å². The topological polar surface area (TPSA) is 27.1 Å². The molecule has 1 aromatic heterocycles. The summed E-state index contributed by atoms with van der Waals surface area (Å²) < 4.78 is 7.62. The average molecular weight is 263 g/mol. The van der Waals surface area contributed by atoms with E-state index >= 15 is 0 Å². The smallest absolute Gasteiger partial charge is 0.123 e. The van der Waals surface area contributed by atoms with E-state index < -0.39 is 0 Å². The van der Waals surface area contributed by atoms with Crippen molar-refractivity contribution in [1.29, 1.82) is 0 Å². The number of rotatable bonds is 4. The summed E-state index contributed by atoms with van der Waals surface area (Å²) in [5, 5.41) is 0. The van der Waals surface area contributed by atoms with Gasteiger partial charge in [0.25, 0.3) is 0 Å². The van der Waals surface area contributed by atoms with E-state index in [1.807, 2.05) is 6.20 Å². The van der Waals surface area contributed by atoms with Crippen LogP contribution >= 0.6 is 11.6 Å². The van der Waals surface area contributed by atoms with Crippen molar-refractivity contribution in [2.24, 2.45) is 0 Å². The number of aromatic nitrogens is 2. The molecule has 3 rings (SSSR count). The largest absolute Gasteiger partial charge is 0.493 e. The molecule has 2 aromatic rings. The molecule has 0 saturated heterocycles. The molecule has 2 heterocycles. The Morgan fingerprint density at radius 2 is 2.33 bits per heavy atom. The molecule has 0 spiro atoms. The Morgan fingerprint density at radius 3 is 3.22 bits per heavy atom. The molecule has 0 unspecified atom stereocenters. The van der Waals surface area contributed by atoms with Crippen molar-refractivity contribution in [2.45, 2.75) is 25.3 Å². The molecular formula is C14H15ClN2O. The van der Waals surface area contributed by atoms with Crippen molar-refractivity contribution >= 4 is 11.6 Å². The monoisotopic (exact) mass is 262 g/mol. The normalized spacial score (nSPS) is 13.4. The molecule has 18 heavy (non-hydrogen) atoms. The predicted molar refractivity (Wildman–Crippen MR) is 71.1 cm³/mol. The molecule has 0 bridgehead atoms. The van der Waals surface area contributed by atoms with Crippen molar-refractivity contribution in [3.63, 3.8) is 0 Å². The van der Waals surface area contributed by atoms with Crippen LogP contribution in [-0.2, 0) is 25.3 Å². The summed E-state index contributed by atoms with van der Waals surface area (Å²) in [4.78, 5) is 4.22. The Balaban J connectivity index is 1.70. The number of ether oxygens (including phenoxy) is 1. The molecular weight excluding hydrogens is 248 g/mol. The maximum atomic E-state index is 5.83. The number of benzene rings is 1. The molecule has 0 aliphatic carbocycles. The Kier molecular flexibility index (Phi) is 3.24. The van der Waals surface area contributed by atoms with Gasteiger partial charge in [-0.3, -0.25) is 0 Å². The molecule has 0 saturated carbocycles. The van der Waals surface area contributed by atoms with Gasteiger partial charge in [-0.1, -0.05) is 12.1 Å². The lowest BCUT2D eigenvalue weighted by Crippen LogP contribution is -2.04. The van der Waals surface area contributed by atoms with Crippen LogP contribution in [-0.4, -0.2) is 16.2 Å². The van der Waals surface area contributed by atoms with Gasteiger partial charge in [0.05, 0.1) is 12.5 Å². The summed E-state index contributed by atoms with van der Waals surface area (Å²) in [6.07, 6.45) is 5.80. The van der Waals surface area contributed by atoms with Gasteiger partial charge in [0.15, 0.2) is 0 Å². The van der Waals surface area contributed by atoms with E-state index in [2.05, 4.69) is 27.8 Å². The molecule has 0 atom stereocenters. The minimum absolute atomic E-state index is 0.463. The van der Waals surface area contributed by atoms with E-state index in [9.17, 15) is 0 Å². The highest BCUT2D eigenvalue weighted by molar-refractivity contribution is 6.16. The number of aryl methyl sites for hydroxylation is 2. The van der Waals surface area contributed by atoms with Crippen LogP contribution in [0.15, 0.2) is 30.6 Å². The number of imidazole rings is 1. The number of fused-ring (bicyclic) bond motifs is 1. The zero-order chi connectivity index (χ0) is 12.4. The number of nitrogens with zero attached hydrogens (tertiary/aromatic N) is 2. The van der Waals surface area contributed by atoms with Crippen LogP contribution in [0.2, 0.25) is 0 Å². The fraction of sp³-hybridized carbons (Fsp3) is 0.357. The zero-order valence-electron chi connectivity index (χ0n) is 10.1. The summed E-state index contributed by atoms with van der Waals surface area (Å²) >= 11 is 5.83. The molecule has 0 amide bonds. The Hall–Kier alpha value is -1.48. The molecule has 1 aliphatic rings. The Labute approximate surface area is 111 Å². The van der Waals surface area contributed by atoms with Crippen molar-refractivity contribution < 1.29 is 4.74 Å². The third kappa shape index (κ3) is 2.23. The first-order valence-corrected chi connectivity index (χ1v) is 6.71. The lowest BCUT2D eigenvalue weighted by Gasteiger charge is -2.07. The third-order valence-electron chi connectivity index (χ3n) is 3.32. The highest BCUT2D eigenvalue weighted by Crippen LogP contribution is 2.26. The van der Waals surface area contributed by atoms with E-state index in [1.54, 1.807) is 6.20 Å². The van der Waals surface area contributed by atoms with Crippen LogP contribution in [0, 0.1) is 0 Å². The SMILES string of the molecule is ClCc1nccn1CCc1ccc2c(c1)CCO2. The molecule has 0 fully saturated rings. The second-order valence-electron chi connectivity index (χ2n) is 4.46. The van der Waals surface area contributed by atoms with E-state index in [1.165, 1.54) is 11.1 Å². The maximum Gasteiger partial charge on any atom is 0.123 e. The minimum atomic E-state index is 0.463. The molecule has 94 valence electrons. The van der Waals surface area contributed by atoms with Gasteiger partial charge in [-0.05, 0) is 23.6 Å². The first kappa shape index (κ1) is 11.6. The molecule has 1 aromatic carbocycles. The highest BCUT2D eigenvalue weighted by Gasteiger charge is 2.12. The predicted octanol–water partition coefficient (Wildman–Crippen LogP) is 2.80. The number of hydrogen-bond donors (Lipinski definition) is 0. The summed E-state index contributed by atoms with van der Waals surface area (Å²) in [5.74, 6) is 2.44. The second-order valence-corrected chi connectivity index (χ2v) is 4.73. The zero-order valence-corrected chi connectivity index (χ0v) is 10.9. The van der Waals surface area contributed by atoms with Crippen molar-refractivity contribution in [3.8, 4) is 5.75 Å². The van der Waals surface area contributed by atoms with Crippen molar-refractivity contribution in [2.75, 3.05) is 6.61 Å². The van der Waals surface area contributed by atoms with Crippen LogP contribution in [0.1, 0.15) is 17.0 Å². The highest BCUT2D eigenvalue weighted by atomic mass is 35.5. The Bertz CT molecular complexity index is 550. The fourth-order valence-electron chi connectivity index (χ4n) is 2.32. The van der Waals surface area contributed by atoms with Crippen molar-refractivity contribution in [1.82, 2.24) is 9.55 Å². The molecule has 1 aliphatic heterocycles. The van der Waals surface area contributed by atoms with Gasteiger partial charge in [0.1, 0.15) is 11.6 Å². The second kappa shape index (κ2) is 5.02. The quantitative estimate of drug-likeness (QED) is 0.793. The molecule has 3 nitrogen and oxygen atoms in total. The summed E-state index contributed by atoms with van der Waals surface area (Å²) in [5.41, 5.74) is 2.67. The molecule has 0 N–H and O–H groups in total. The average Bonchev–Trinajstić information content (AvgIpc) is 3.04. The summed E-state index contributed by atoms with van der Waals surface area (Å²) in [6, 6.07) is 6.47. The van der Waals surface area contributed by atoms with Gasteiger partial charge in [0.2, 0.25) is 0 Å². The van der Waals surface area contributed by atoms with E-state index in [-0.39, 0.29) is 0 Å². The standard InChI is InChI=1S/C14H15ClN2O/c15-10-14-16-5-7-17(14)6-3-11-1-2-13-12(9-11)4-8-18-13/h1-2,5,7,9H,3-4,6,8,10H2. The van der Waals surface area contributed by atoms with Gasteiger partial charge < -0.3 is 9.30 Å². The fourth-order valence-corrected chi connectivity index (χ4v) is 2.54. The van der Waals surface area contributed by atoms with Gasteiger partial charge >= 0.3 is 0 Å². The lowest BCUT2D eigenvalue weighted by molar-refractivity contribution is 0.357. The van der Waals surface area contributed by atoms with Gasteiger partial charge in [-0.15, -0.1) is 11.6 Å². The van der Waals surface area contributed by atoms with Crippen LogP contribution in [0.5, 0.6) is 5.75 Å². The number of hydrogen-bond acceptors (Lipinski definition) is 2. The maximum absolute atomic E-state index is 5.83. The summed E-state index contributed by atoms with van der Waals surface area (Å²) in [6.45, 7) is 1.73. The molecule has 4 heteroatoms. The van der Waals surface area contributed by atoms with Crippen LogP contribution in [0.4, 0.5) is 0 Å². The van der Waals surface area contributed by atoms with Crippen molar-refractivity contribution in [3.05, 3.63) is 47.5 Å². The van der Waals surface area contributed by atoms with E-state index in [4.69, 9.17) is 16.3 Å². The number of alkyl halides is 1. The first-order valence-electron chi connectivity index (χ1n) is 6.17. The summed E-state index contributed by atoms with van der Waals surface area (Å²) in [7, 11) is 0. The van der Waals surface area contributed by atoms with E-state index in [0.717, 1.165) is 37.6 Å². The van der Waals surface area contributed by atoms with Gasteiger partial charge in [-0.2, -0.15) is 0 Å². The van der Waals surface area contributed by atoms with Crippen LogP contribution in [0.3, 0.4) is 0 Å². The third-order valence-corrected chi connectivity index (χ3v) is 3.56. The van der Waals surface area contributed by atoms with Gasteiger partial charge in [0, 0.05) is 25.4 Å². The van der Waals surface area contributed by atoms with Crippen LogP contribution < -0.4 is 4.74 Å². The van der Waals surface area contributed by atoms with Gasteiger partial charge in [-0.25, -0.2) is 4.98 Å². The molecule has 0 radical (unpaired) electrons. The lowest BCUT2D eigenvalue weighted by atomic mass is 10.1. The first-order chi connectivity index (χ1) is 8.86.